The number of aliphatic carboxylic acids is 1. The molecular formula is C12H13F2NO4S. The molecule has 1 aromatic carbocycles. The van der Waals surface area contributed by atoms with Gasteiger partial charge in [-0.15, -0.1) is 0 Å². The SMILES string of the molecule is CN(CC(F)F)S(=O)(=O)c1ccc(/C=C/C(=O)O)cc1. The van der Waals surface area contributed by atoms with Crippen LogP contribution in [0.1, 0.15) is 5.56 Å². The van der Waals surface area contributed by atoms with E-state index in [1.807, 2.05) is 0 Å². The number of halogens is 2. The molecule has 0 bridgehead atoms. The first-order valence-corrected chi connectivity index (χ1v) is 6.93. The van der Waals surface area contributed by atoms with Crippen LogP contribution in [0.25, 0.3) is 6.08 Å². The van der Waals surface area contributed by atoms with E-state index in [4.69, 9.17) is 5.11 Å². The van der Waals surface area contributed by atoms with Gasteiger partial charge in [0.05, 0.1) is 11.4 Å². The molecular weight excluding hydrogens is 292 g/mol. The Hall–Kier alpha value is -1.80. The lowest BCUT2D eigenvalue weighted by Crippen LogP contribution is -2.31. The fourth-order valence-electron chi connectivity index (χ4n) is 1.39. The molecule has 1 N–H and O–H groups in total. The van der Waals surface area contributed by atoms with Crippen LogP contribution in [-0.2, 0) is 14.8 Å². The molecule has 1 aromatic rings. The molecule has 0 heterocycles. The van der Waals surface area contributed by atoms with Crippen molar-refractivity contribution in [2.24, 2.45) is 0 Å². The number of hydrogen-bond acceptors (Lipinski definition) is 3. The number of carboxylic acid groups (broad SMARTS) is 1. The average molecular weight is 305 g/mol. The van der Waals surface area contributed by atoms with Crippen LogP contribution >= 0.6 is 0 Å². The van der Waals surface area contributed by atoms with E-state index in [9.17, 15) is 22.0 Å². The third-order valence-electron chi connectivity index (χ3n) is 2.40. The van der Waals surface area contributed by atoms with Crippen LogP contribution < -0.4 is 0 Å². The van der Waals surface area contributed by atoms with Gasteiger partial charge >= 0.3 is 5.97 Å². The number of sulfonamides is 1. The summed E-state index contributed by atoms with van der Waals surface area (Å²) in [5, 5.41) is 8.45. The predicted octanol–water partition coefficient (Wildman–Crippen LogP) is 1.67. The molecule has 0 unspecified atom stereocenters. The van der Waals surface area contributed by atoms with E-state index in [2.05, 4.69) is 0 Å². The van der Waals surface area contributed by atoms with Gasteiger partial charge in [0.15, 0.2) is 0 Å². The highest BCUT2D eigenvalue weighted by molar-refractivity contribution is 7.89. The van der Waals surface area contributed by atoms with Gasteiger partial charge in [0.25, 0.3) is 6.43 Å². The number of alkyl halides is 2. The van der Waals surface area contributed by atoms with Gasteiger partial charge in [-0.1, -0.05) is 12.1 Å². The summed E-state index contributed by atoms with van der Waals surface area (Å²) in [6.07, 6.45) is -0.554. The fraction of sp³-hybridized carbons (Fsp3) is 0.250. The summed E-state index contributed by atoms with van der Waals surface area (Å²) in [6.45, 7) is -0.886. The Morgan fingerprint density at radius 3 is 2.35 bits per heavy atom. The first-order chi connectivity index (χ1) is 9.23. The molecule has 0 aromatic heterocycles. The average Bonchev–Trinajstić information content (AvgIpc) is 2.36. The van der Waals surface area contributed by atoms with Crippen molar-refractivity contribution in [2.45, 2.75) is 11.3 Å². The van der Waals surface area contributed by atoms with E-state index in [0.29, 0.717) is 9.87 Å². The number of carboxylic acids is 1. The highest BCUT2D eigenvalue weighted by atomic mass is 32.2. The Kier molecular flexibility index (Phi) is 5.34. The summed E-state index contributed by atoms with van der Waals surface area (Å²) in [5.74, 6) is -1.13. The van der Waals surface area contributed by atoms with Gasteiger partial charge in [-0.3, -0.25) is 0 Å². The normalized spacial score (nSPS) is 12.4. The number of carbonyl (C=O) groups is 1. The van der Waals surface area contributed by atoms with Gasteiger partial charge in [0.1, 0.15) is 0 Å². The van der Waals surface area contributed by atoms with E-state index in [1.165, 1.54) is 30.3 Å². The highest BCUT2D eigenvalue weighted by Crippen LogP contribution is 2.16. The number of benzene rings is 1. The summed E-state index contributed by atoms with van der Waals surface area (Å²) in [6, 6.07) is 5.25. The molecule has 0 aliphatic rings. The van der Waals surface area contributed by atoms with Crippen LogP contribution in [0.5, 0.6) is 0 Å². The van der Waals surface area contributed by atoms with Gasteiger partial charge in [0, 0.05) is 13.1 Å². The molecule has 0 aliphatic carbocycles. The highest BCUT2D eigenvalue weighted by Gasteiger charge is 2.23. The van der Waals surface area contributed by atoms with Gasteiger partial charge in [0.2, 0.25) is 10.0 Å². The number of hydrogen-bond donors (Lipinski definition) is 1. The van der Waals surface area contributed by atoms with Crippen molar-refractivity contribution in [3.8, 4) is 0 Å². The van der Waals surface area contributed by atoms with Crippen molar-refractivity contribution in [2.75, 3.05) is 13.6 Å². The zero-order valence-electron chi connectivity index (χ0n) is 10.5. The van der Waals surface area contributed by atoms with Crippen LogP contribution in [0.3, 0.4) is 0 Å². The Morgan fingerprint density at radius 1 is 1.35 bits per heavy atom. The van der Waals surface area contributed by atoms with Gasteiger partial charge in [-0.2, -0.15) is 4.31 Å². The molecule has 20 heavy (non-hydrogen) atoms. The molecule has 0 amide bonds. The van der Waals surface area contributed by atoms with Crippen LogP contribution in [0.2, 0.25) is 0 Å². The molecule has 0 spiro atoms. The minimum Gasteiger partial charge on any atom is -0.478 e. The molecule has 5 nitrogen and oxygen atoms in total. The predicted molar refractivity (Wildman–Crippen MR) is 68.9 cm³/mol. The molecule has 110 valence electrons. The number of rotatable bonds is 6. The Balaban J connectivity index is 2.95. The first-order valence-electron chi connectivity index (χ1n) is 5.49. The smallest absolute Gasteiger partial charge is 0.328 e. The molecule has 0 saturated heterocycles. The minimum absolute atomic E-state index is 0.131. The standard InChI is InChI=1S/C12H13F2NO4S/c1-15(8-11(13)14)20(18,19)10-5-2-9(3-6-10)4-7-12(16)17/h2-7,11H,8H2,1H3,(H,16,17)/b7-4+. The van der Waals surface area contributed by atoms with Crippen molar-refractivity contribution in [1.29, 1.82) is 0 Å². The largest absolute Gasteiger partial charge is 0.478 e. The second kappa shape index (κ2) is 6.58. The summed E-state index contributed by atoms with van der Waals surface area (Å²) >= 11 is 0. The summed E-state index contributed by atoms with van der Waals surface area (Å²) in [4.78, 5) is 10.2. The van der Waals surface area contributed by atoms with Gasteiger partial charge < -0.3 is 5.11 Å². The molecule has 0 saturated carbocycles. The quantitative estimate of drug-likeness (QED) is 0.811. The van der Waals surface area contributed by atoms with Crippen molar-refractivity contribution >= 4 is 22.1 Å². The molecule has 0 radical (unpaired) electrons. The zero-order chi connectivity index (χ0) is 15.3. The van der Waals surface area contributed by atoms with Crippen molar-refractivity contribution < 1.29 is 27.1 Å². The Bertz CT molecular complexity index is 596. The number of nitrogens with zero attached hydrogens (tertiary/aromatic N) is 1. The topological polar surface area (TPSA) is 74.7 Å². The Morgan fingerprint density at radius 2 is 1.90 bits per heavy atom. The first kappa shape index (κ1) is 16.3. The molecule has 0 aliphatic heterocycles. The lowest BCUT2D eigenvalue weighted by Gasteiger charge is -2.16. The summed E-state index contributed by atoms with van der Waals surface area (Å²) in [7, 11) is -2.90. The van der Waals surface area contributed by atoms with Crippen LogP contribution in [0, 0.1) is 0 Å². The van der Waals surface area contributed by atoms with Crippen LogP contribution in [0.15, 0.2) is 35.2 Å². The summed E-state index contributed by atoms with van der Waals surface area (Å²) < 4.78 is 48.8. The second-order valence-electron chi connectivity index (χ2n) is 3.92. The van der Waals surface area contributed by atoms with E-state index in [1.54, 1.807) is 0 Å². The van der Waals surface area contributed by atoms with Crippen LogP contribution in [-0.4, -0.2) is 43.8 Å². The van der Waals surface area contributed by atoms with E-state index < -0.39 is 29.0 Å². The Labute approximate surface area is 115 Å². The lowest BCUT2D eigenvalue weighted by atomic mass is 10.2. The van der Waals surface area contributed by atoms with Crippen molar-refractivity contribution in [3.63, 3.8) is 0 Å². The maximum absolute atomic E-state index is 12.2. The maximum atomic E-state index is 12.2. The maximum Gasteiger partial charge on any atom is 0.328 e. The zero-order valence-corrected chi connectivity index (χ0v) is 11.3. The van der Waals surface area contributed by atoms with Crippen LogP contribution in [0.4, 0.5) is 8.78 Å². The third-order valence-corrected chi connectivity index (χ3v) is 4.24. The minimum atomic E-state index is -3.97. The van der Waals surface area contributed by atoms with E-state index in [-0.39, 0.29) is 4.90 Å². The molecule has 0 atom stereocenters. The lowest BCUT2D eigenvalue weighted by molar-refractivity contribution is -0.131. The molecule has 8 heteroatoms. The fourth-order valence-corrected chi connectivity index (χ4v) is 2.54. The molecule has 0 fully saturated rings. The summed E-state index contributed by atoms with van der Waals surface area (Å²) in [5.41, 5.74) is 0.489. The third kappa shape index (κ3) is 4.39. The van der Waals surface area contributed by atoms with Gasteiger partial charge in [-0.25, -0.2) is 22.0 Å². The van der Waals surface area contributed by atoms with E-state index >= 15 is 0 Å². The van der Waals surface area contributed by atoms with Crippen molar-refractivity contribution in [3.05, 3.63) is 35.9 Å². The monoisotopic (exact) mass is 305 g/mol. The second-order valence-corrected chi connectivity index (χ2v) is 5.96. The van der Waals surface area contributed by atoms with Crippen molar-refractivity contribution in [1.82, 2.24) is 4.31 Å². The van der Waals surface area contributed by atoms with E-state index in [0.717, 1.165) is 13.1 Å². The molecule has 1 rings (SSSR count). The van der Waals surface area contributed by atoms with Gasteiger partial charge in [-0.05, 0) is 23.8 Å².